The summed E-state index contributed by atoms with van der Waals surface area (Å²) in [7, 11) is -10.9. The first-order valence-electron chi connectivity index (χ1n) is 12.6. The van der Waals surface area contributed by atoms with E-state index in [0.29, 0.717) is 10.9 Å². The number of nitrogens with zero attached hydrogens (tertiary/aromatic N) is 2. The van der Waals surface area contributed by atoms with Crippen molar-refractivity contribution in [2.24, 2.45) is 0 Å². The van der Waals surface area contributed by atoms with E-state index in [9.17, 15) is 35.2 Å². The van der Waals surface area contributed by atoms with Crippen LogP contribution in [0, 0.1) is 0 Å². The maximum absolute atomic E-state index is 10.7. The van der Waals surface area contributed by atoms with Gasteiger partial charge in [0.25, 0.3) is 0 Å². The van der Waals surface area contributed by atoms with Gasteiger partial charge in [0.05, 0.1) is 5.69 Å². The van der Waals surface area contributed by atoms with Crippen molar-refractivity contribution in [3.05, 3.63) is 96.6 Å². The molecule has 0 amide bonds. The van der Waals surface area contributed by atoms with Gasteiger partial charge in [0.2, 0.25) is 0 Å². The fraction of sp³-hybridized carbons (Fsp3) is 0.333. The molecule has 1 aliphatic rings. The molecule has 5 rings (SSSR count). The average molecular weight is 610 g/mol. The van der Waals surface area contributed by atoms with Gasteiger partial charge in [-0.05, 0) is 98.3 Å². The quantitative estimate of drug-likeness (QED) is 0.0812. The van der Waals surface area contributed by atoms with Crippen LogP contribution >= 0.6 is 7.81 Å². The number of halogens is 6. The van der Waals surface area contributed by atoms with Crippen molar-refractivity contribution in [1.29, 1.82) is 0 Å². The predicted molar refractivity (Wildman–Crippen MR) is 155 cm³/mol. The first kappa shape index (κ1) is 33.7. The van der Waals surface area contributed by atoms with E-state index in [1.54, 1.807) is 6.82 Å². The van der Waals surface area contributed by atoms with E-state index in [0.717, 1.165) is 23.6 Å². The third-order valence-electron chi connectivity index (χ3n) is 5.54. The van der Waals surface area contributed by atoms with Crippen LogP contribution in [-0.2, 0) is 23.1 Å². The van der Waals surface area contributed by atoms with Gasteiger partial charge >= 0.3 is 47.1 Å². The minimum Gasteiger partial charge on any atom is -0.368 e. The third kappa shape index (κ3) is 15.4. The van der Waals surface area contributed by atoms with Gasteiger partial charge in [0, 0.05) is 36.4 Å². The average Bonchev–Trinajstić information content (AvgIpc) is 3.66. The summed E-state index contributed by atoms with van der Waals surface area (Å²) in [5.74, 6) is 3.95. The molecular formula is C24H35B2F6N4O2PS. The normalized spacial score (nSPS) is 14.8. The standard InChI is InChI=1S/C10H13BN2O.C10H17BNOS.C4H5N.F6P/c1-11(14)13-7-3-5-10(13)8-9-4-2-6-12-9;1-11(13)12-6-4-5-10(12)9-14-7-2-3-8-14;1-2-4-5-3-1;1-7(2,3,4,5)6/h2-7,12,14H,8H2,1H3;4-6,13H,2-3,7-9H2,1H3;1-5H;/q;+1;;-1. The Hall–Kier alpha value is -2.47. The summed E-state index contributed by atoms with van der Waals surface area (Å²) in [6.45, 7) is 3.58. The summed E-state index contributed by atoms with van der Waals surface area (Å²) in [5, 5.41) is 19.0. The van der Waals surface area contributed by atoms with Crippen LogP contribution in [0.15, 0.2) is 79.5 Å². The maximum atomic E-state index is 9.87. The largest absolute Gasteiger partial charge is 0.368 e. The third-order valence-corrected chi connectivity index (χ3v) is 7.97. The van der Waals surface area contributed by atoms with E-state index in [4.69, 9.17) is 0 Å². The van der Waals surface area contributed by atoms with Crippen LogP contribution in [0.2, 0.25) is 13.6 Å². The molecule has 0 spiro atoms. The molecule has 0 unspecified atom stereocenters. The molecule has 5 heterocycles. The van der Waals surface area contributed by atoms with Gasteiger partial charge in [-0.1, -0.05) is 0 Å². The molecule has 4 aromatic heterocycles. The molecule has 1 aliphatic heterocycles. The van der Waals surface area contributed by atoms with E-state index in [1.807, 2.05) is 89.2 Å². The number of nitrogens with one attached hydrogen (secondary N) is 2. The van der Waals surface area contributed by atoms with E-state index in [-0.39, 0.29) is 7.05 Å². The Bertz CT molecular complexity index is 1200. The molecule has 0 saturated carbocycles. The zero-order valence-corrected chi connectivity index (χ0v) is 24.0. The first-order valence-corrected chi connectivity index (χ1v) is 16.3. The molecule has 1 fully saturated rings. The van der Waals surface area contributed by atoms with Gasteiger partial charge in [-0.2, -0.15) is 0 Å². The van der Waals surface area contributed by atoms with Crippen LogP contribution in [0.1, 0.15) is 29.9 Å². The number of hydrogen-bond acceptors (Lipinski definition) is 2. The monoisotopic (exact) mass is 610 g/mol. The summed E-state index contributed by atoms with van der Waals surface area (Å²) in [4.78, 5) is 6.01. The van der Waals surface area contributed by atoms with Gasteiger partial charge in [-0.3, -0.25) is 0 Å². The van der Waals surface area contributed by atoms with Crippen molar-refractivity contribution in [2.45, 2.75) is 38.7 Å². The van der Waals surface area contributed by atoms with Gasteiger partial charge in [-0.25, -0.2) is 0 Å². The second kappa shape index (κ2) is 13.9. The molecular weight excluding hydrogens is 575 g/mol. The molecule has 0 aromatic carbocycles. The second-order valence-electron chi connectivity index (χ2n) is 9.16. The molecule has 0 bridgehead atoms. The molecule has 16 heteroatoms. The Kier molecular flexibility index (Phi) is 11.8. The van der Waals surface area contributed by atoms with Crippen LogP contribution in [0.5, 0.6) is 0 Å². The molecule has 1 saturated heterocycles. The fourth-order valence-corrected chi connectivity index (χ4v) is 6.26. The number of hydrogen-bond donors (Lipinski definition) is 4. The Morgan fingerprint density at radius 1 is 0.775 bits per heavy atom. The van der Waals surface area contributed by atoms with Gasteiger partial charge in [0.1, 0.15) is 17.3 Å². The Morgan fingerprint density at radius 2 is 1.27 bits per heavy atom. The van der Waals surface area contributed by atoms with E-state index in [2.05, 4.69) is 16.0 Å². The van der Waals surface area contributed by atoms with Gasteiger partial charge < -0.3 is 29.0 Å². The van der Waals surface area contributed by atoms with Crippen LogP contribution in [0.25, 0.3) is 0 Å². The predicted octanol–water partition coefficient (Wildman–Crippen LogP) is 7.12. The van der Waals surface area contributed by atoms with Crippen LogP contribution in [0.4, 0.5) is 25.2 Å². The van der Waals surface area contributed by atoms with E-state index in [1.165, 1.54) is 30.0 Å². The molecule has 6 nitrogen and oxygen atoms in total. The number of aromatic nitrogens is 4. The SMILES string of the molecule is CB(O)n1cccc1C[S+]1CCCC1.CB(O)n1cccc1Cc1ccc[nH]1.F[P-](F)(F)(F)(F)F.c1cc[nH]c1. The maximum Gasteiger partial charge on any atom is 0.000496 e. The molecule has 0 atom stereocenters. The van der Waals surface area contributed by atoms with Crippen LogP contribution in [-0.4, -0.2) is 54.6 Å². The minimum atomic E-state index is -10.7. The van der Waals surface area contributed by atoms with E-state index < -0.39 is 14.9 Å². The minimum absolute atomic E-state index is 0.383. The fourth-order valence-electron chi connectivity index (χ4n) is 3.88. The molecule has 4 aromatic rings. The second-order valence-corrected chi connectivity index (χ2v) is 13.4. The number of rotatable bonds is 6. The smallest absolute Gasteiger partial charge is 0.000496 e. The summed E-state index contributed by atoms with van der Waals surface area (Å²) in [6.07, 6.45) is 13.1. The Balaban J connectivity index is 0.000000202. The van der Waals surface area contributed by atoms with Crippen LogP contribution in [0.3, 0.4) is 0 Å². The zero-order valence-electron chi connectivity index (χ0n) is 22.3. The number of H-pyrrole nitrogens is 2. The van der Waals surface area contributed by atoms with Crippen LogP contribution < -0.4 is 0 Å². The summed E-state index contributed by atoms with van der Waals surface area (Å²) < 4.78 is 63.0. The van der Waals surface area contributed by atoms with Crippen molar-refractivity contribution in [1.82, 2.24) is 18.9 Å². The number of aromatic amines is 2. The summed E-state index contributed by atoms with van der Waals surface area (Å²) in [6, 6.07) is 16.0. The Labute approximate surface area is 233 Å². The van der Waals surface area contributed by atoms with E-state index >= 15 is 0 Å². The molecule has 40 heavy (non-hydrogen) atoms. The summed E-state index contributed by atoms with van der Waals surface area (Å²) >= 11 is 0. The molecule has 4 N–H and O–H groups in total. The molecule has 0 aliphatic carbocycles. The van der Waals surface area contributed by atoms with Crippen molar-refractivity contribution < 1.29 is 35.2 Å². The Morgan fingerprint density at radius 3 is 1.70 bits per heavy atom. The summed E-state index contributed by atoms with van der Waals surface area (Å²) in [5.41, 5.74) is 3.57. The topological polar surface area (TPSA) is 81.9 Å². The molecule has 222 valence electrons. The van der Waals surface area contributed by atoms with Crippen molar-refractivity contribution in [2.75, 3.05) is 11.5 Å². The van der Waals surface area contributed by atoms with Crippen molar-refractivity contribution in [3.63, 3.8) is 0 Å². The van der Waals surface area contributed by atoms with Crippen molar-refractivity contribution in [3.8, 4) is 0 Å². The van der Waals surface area contributed by atoms with Crippen molar-refractivity contribution >= 4 is 32.8 Å². The van der Waals surface area contributed by atoms with Gasteiger partial charge in [-0.15, -0.1) is 0 Å². The first-order chi connectivity index (χ1) is 18.5. The zero-order chi connectivity index (χ0) is 29.9. The molecule has 0 radical (unpaired) electrons. The van der Waals surface area contributed by atoms with Gasteiger partial charge in [0.15, 0.2) is 0 Å².